The number of unbranched alkanes of at least 4 members (excludes halogenated alkanes) is 3. The molecule has 3 rings (SSSR count). The standard InChI is InChI=1S/C24H32ClN3O3S/c1-2-3-4-5-10-22(29)26-19-8-6-7-9-20(19)28-24(30)21-16-32-23(27-21)15-31-18-13-11-17(25)12-14-18/h11-14,16,19-20H,2-10,15H2,1H3,(H,26,29)(H,28,30)/t19-,20-/m0/s1. The van der Waals surface area contributed by atoms with Gasteiger partial charge in [-0.1, -0.05) is 50.6 Å². The van der Waals surface area contributed by atoms with Crippen LogP contribution in [0.2, 0.25) is 5.02 Å². The highest BCUT2D eigenvalue weighted by Gasteiger charge is 2.28. The molecule has 2 amide bonds. The zero-order valence-electron chi connectivity index (χ0n) is 18.6. The van der Waals surface area contributed by atoms with Crippen molar-refractivity contribution in [2.45, 2.75) is 83.4 Å². The Balaban J connectivity index is 1.48. The van der Waals surface area contributed by atoms with E-state index in [1.165, 1.54) is 11.3 Å². The number of thiazole rings is 1. The minimum absolute atomic E-state index is 0.0160. The number of amides is 2. The van der Waals surface area contributed by atoms with Crippen molar-refractivity contribution in [2.75, 3.05) is 0 Å². The molecule has 2 N–H and O–H groups in total. The van der Waals surface area contributed by atoms with Crippen molar-refractivity contribution < 1.29 is 14.3 Å². The maximum absolute atomic E-state index is 12.8. The third-order valence-electron chi connectivity index (χ3n) is 5.65. The highest BCUT2D eigenvalue weighted by atomic mass is 35.5. The first-order valence-electron chi connectivity index (χ1n) is 11.5. The molecule has 0 saturated heterocycles. The number of benzene rings is 1. The lowest BCUT2D eigenvalue weighted by Crippen LogP contribution is -2.53. The summed E-state index contributed by atoms with van der Waals surface area (Å²) in [6.45, 7) is 2.45. The van der Waals surface area contributed by atoms with E-state index in [-0.39, 0.29) is 23.9 Å². The molecule has 1 fully saturated rings. The predicted octanol–water partition coefficient (Wildman–Crippen LogP) is 5.50. The SMILES string of the molecule is CCCCCCC(=O)N[C@H]1CCCC[C@@H]1NC(=O)c1csc(COc2ccc(Cl)cc2)n1. The quantitative estimate of drug-likeness (QED) is 0.418. The molecule has 0 unspecified atom stereocenters. The molecule has 1 heterocycles. The Morgan fingerprint density at radius 2 is 1.81 bits per heavy atom. The Morgan fingerprint density at radius 3 is 2.53 bits per heavy atom. The van der Waals surface area contributed by atoms with E-state index in [1.54, 1.807) is 29.6 Å². The van der Waals surface area contributed by atoms with Gasteiger partial charge < -0.3 is 15.4 Å². The Hall–Kier alpha value is -2.12. The van der Waals surface area contributed by atoms with Gasteiger partial charge in [0.25, 0.3) is 5.91 Å². The van der Waals surface area contributed by atoms with Crippen molar-refractivity contribution in [2.24, 2.45) is 0 Å². The molecule has 1 aliphatic rings. The summed E-state index contributed by atoms with van der Waals surface area (Å²) in [4.78, 5) is 29.5. The highest BCUT2D eigenvalue weighted by Crippen LogP contribution is 2.21. The molecule has 1 aromatic carbocycles. The van der Waals surface area contributed by atoms with Crippen LogP contribution in [0.5, 0.6) is 5.75 Å². The Bertz CT molecular complexity index is 872. The molecule has 0 spiro atoms. The summed E-state index contributed by atoms with van der Waals surface area (Å²) >= 11 is 7.28. The van der Waals surface area contributed by atoms with Crippen LogP contribution in [0.3, 0.4) is 0 Å². The minimum atomic E-state index is -0.201. The largest absolute Gasteiger partial charge is 0.486 e. The Morgan fingerprint density at radius 1 is 1.09 bits per heavy atom. The third-order valence-corrected chi connectivity index (χ3v) is 6.72. The first-order valence-corrected chi connectivity index (χ1v) is 12.7. The van der Waals surface area contributed by atoms with Crippen LogP contribution in [0.25, 0.3) is 0 Å². The van der Waals surface area contributed by atoms with E-state index in [9.17, 15) is 9.59 Å². The first kappa shape index (κ1) is 24.5. The van der Waals surface area contributed by atoms with E-state index in [2.05, 4.69) is 22.5 Å². The van der Waals surface area contributed by atoms with Crippen molar-refractivity contribution in [1.29, 1.82) is 0 Å². The van der Waals surface area contributed by atoms with E-state index in [4.69, 9.17) is 16.3 Å². The number of hydrogen-bond acceptors (Lipinski definition) is 5. The fourth-order valence-electron chi connectivity index (χ4n) is 3.87. The van der Waals surface area contributed by atoms with Crippen LogP contribution in [0.1, 0.15) is 80.2 Å². The minimum Gasteiger partial charge on any atom is -0.486 e. The van der Waals surface area contributed by atoms with Gasteiger partial charge in [-0.15, -0.1) is 11.3 Å². The highest BCUT2D eigenvalue weighted by molar-refractivity contribution is 7.09. The molecule has 1 aliphatic carbocycles. The van der Waals surface area contributed by atoms with Crippen LogP contribution in [-0.2, 0) is 11.4 Å². The van der Waals surface area contributed by atoms with Gasteiger partial charge in [-0.25, -0.2) is 4.98 Å². The number of rotatable bonds is 11. The molecule has 0 radical (unpaired) electrons. The van der Waals surface area contributed by atoms with Gasteiger partial charge in [-0.05, 0) is 43.5 Å². The van der Waals surface area contributed by atoms with Crippen LogP contribution in [0.4, 0.5) is 0 Å². The van der Waals surface area contributed by atoms with Crippen molar-refractivity contribution >= 4 is 34.8 Å². The number of halogens is 1. The van der Waals surface area contributed by atoms with Crippen molar-refractivity contribution in [3.8, 4) is 5.75 Å². The second-order valence-electron chi connectivity index (χ2n) is 8.22. The summed E-state index contributed by atoms with van der Waals surface area (Å²) in [5, 5.41) is 9.37. The molecule has 8 heteroatoms. The topological polar surface area (TPSA) is 80.3 Å². The van der Waals surface area contributed by atoms with Crippen LogP contribution >= 0.6 is 22.9 Å². The first-order chi connectivity index (χ1) is 15.5. The Kier molecular flexibility index (Phi) is 9.81. The molecule has 32 heavy (non-hydrogen) atoms. The number of carbonyl (C=O) groups is 2. The number of nitrogens with zero attached hydrogens (tertiary/aromatic N) is 1. The maximum atomic E-state index is 12.8. The van der Waals surface area contributed by atoms with Crippen LogP contribution < -0.4 is 15.4 Å². The van der Waals surface area contributed by atoms with Gasteiger partial charge in [0.15, 0.2) is 0 Å². The van der Waals surface area contributed by atoms with Crippen LogP contribution in [-0.4, -0.2) is 28.9 Å². The number of nitrogens with one attached hydrogen (secondary N) is 2. The van der Waals surface area contributed by atoms with E-state index < -0.39 is 0 Å². The number of hydrogen-bond donors (Lipinski definition) is 2. The summed E-state index contributed by atoms with van der Waals surface area (Å²) < 4.78 is 5.71. The molecule has 6 nitrogen and oxygen atoms in total. The summed E-state index contributed by atoms with van der Waals surface area (Å²) in [6, 6.07) is 7.05. The predicted molar refractivity (Wildman–Crippen MR) is 128 cm³/mol. The fraction of sp³-hybridized carbons (Fsp3) is 0.542. The van der Waals surface area contributed by atoms with Crippen molar-refractivity contribution in [1.82, 2.24) is 15.6 Å². The van der Waals surface area contributed by atoms with E-state index in [1.807, 2.05) is 0 Å². The normalized spacial score (nSPS) is 18.2. The summed E-state index contributed by atoms with van der Waals surface area (Å²) in [5.41, 5.74) is 0.389. The van der Waals surface area contributed by atoms with Gasteiger partial charge in [-0.3, -0.25) is 9.59 Å². The fourth-order valence-corrected chi connectivity index (χ4v) is 4.68. The van der Waals surface area contributed by atoms with Gasteiger partial charge in [0.1, 0.15) is 23.1 Å². The van der Waals surface area contributed by atoms with Gasteiger partial charge in [0, 0.05) is 28.9 Å². The van der Waals surface area contributed by atoms with Gasteiger partial charge >= 0.3 is 0 Å². The smallest absolute Gasteiger partial charge is 0.271 e. The second-order valence-corrected chi connectivity index (χ2v) is 9.60. The lowest BCUT2D eigenvalue weighted by Gasteiger charge is -2.32. The molecule has 1 saturated carbocycles. The number of aromatic nitrogens is 1. The summed E-state index contributed by atoms with van der Waals surface area (Å²) in [5.74, 6) is 0.585. The van der Waals surface area contributed by atoms with Crippen LogP contribution in [0.15, 0.2) is 29.6 Å². The maximum Gasteiger partial charge on any atom is 0.271 e. The Labute approximate surface area is 199 Å². The molecular formula is C24H32ClN3O3S. The third kappa shape index (κ3) is 7.78. The molecule has 1 aromatic heterocycles. The van der Waals surface area contributed by atoms with Crippen LogP contribution in [0, 0.1) is 0 Å². The van der Waals surface area contributed by atoms with Gasteiger partial charge in [0.2, 0.25) is 5.91 Å². The zero-order valence-corrected chi connectivity index (χ0v) is 20.1. The lowest BCUT2D eigenvalue weighted by molar-refractivity contribution is -0.122. The van der Waals surface area contributed by atoms with E-state index >= 15 is 0 Å². The van der Waals surface area contributed by atoms with Crippen molar-refractivity contribution in [3.05, 3.63) is 45.4 Å². The van der Waals surface area contributed by atoms with Gasteiger partial charge in [0.05, 0.1) is 0 Å². The average Bonchev–Trinajstić information content (AvgIpc) is 3.27. The molecule has 2 aromatic rings. The monoisotopic (exact) mass is 477 g/mol. The molecule has 2 atom stereocenters. The summed E-state index contributed by atoms with van der Waals surface area (Å²) in [6.07, 6.45) is 8.75. The lowest BCUT2D eigenvalue weighted by atomic mass is 9.90. The van der Waals surface area contributed by atoms with Gasteiger partial charge in [-0.2, -0.15) is 0 Å². The summed E-state index contributed by atoms with van der Waals surface area (Å²) in [7, 11) is 0. The van der Waals surface area contributed by atoms with E-state index in [0.717, 1.165) is 56.4 Å². The number of ether oxygens (including phenoxy) is 1. The molecule has 0 bridgehead atoms. The number of carbonyl (C=O) groups excluding carboxylic acids is 2. The van der Waals surface area contributed by atoms with E-state index in [0.29, 0.717) is 29.5 Å². The zero-order chi connectivity index (χ0) is 22.8. The van der Waals surface area contributed by atoms with Crippen molar-refractivity contribution in [3.63, 3.8) is 0 Å². The second kappa shape index (κ2) is 12.8. The molecule has 174 valence electrons. The molecule has 0 aliphatic heterocycles. The molecular weight excluding hydrogens is 446 g/mol. The average molecular weight is 478 g/mol.